The lowest BCUT2D eigenvalue weighted by atomic mass is 10.2. The summed E-state index contributed by atoms with van der Waals surface area (Å²) in [5, 5.41) is 0.646. The first kappa shape index (κ1) is 15.3. The number of esters is 1. The van der Waals surface area contributed by atoms with Gasteiger partial charge < -0.3 is 10.5 Å². The monoisotopic (exact) mass is 309 g/mol. The van der Waals surface area contributed by atoms with Crippen LogP contribution in [0.4, 0.5) is 0 Å². The number of aromatic nitrogens is 2. The fraction of sp³-hybridized carbons (Fsp3) is 0.308. The van der Waals surface area contributed by atoms with Crippen molar-refractivity contribution in [3.8, 4) is 0 Å². The number of ether oxygens (including phenoxy) is 1. The van der Waals surface area contributed by atoms with Gasteiger partial charge in [-0.1, -0.05) is 0 Å². The van der Waals surface area contributed by atoms with Gasteiger partial charge in [0.1, 0.15) is 0 Å². The number of pyridine rings is 2. The van der Waals surface area contributed by atoms with E-state index in [1.54, 1.807) is 18.3 Å². The van der Waals surface area contributed by atoms with Crippen molar-refractivity contribution in [1.82, 2.24) is 9.97 Å². The Kier molecular flexibility index (Phi) is 4.49. The van der Waals surface area contributed by atoms with Crippen LogP contribution in [0.15, 0.2) is 29.4 Å². The van der Waals surface area contributed by atoms with Gasteiger partial charge in [0, 0.05) is 18.1 Å². The molecule has 0 aliphatic rings. The summed E-state index contributed by atoms with van der Waals surface area (Å²) in [7, 11) is -2.43. The highest BCUT2D eigenvalue weighted by Crippen LogP contribution is 2.17. The van der Waals surface area contributed by atoms with Gasteiger partial charge in [-0.3, -0.25) is 9.78 Å². The molecule has 0 radical (unpaired) electrons. The molecular weight excluding hydrogens is 294 g/mol. The lowest BCUT2D eigenvalue weighted by Crippen LogP contribution is -2.13. The number of nitrogens with zero attached hydrogens (tertiary/aromatic N) is 2. The number of rotatable bonds is 5. The summed E-state index contributed by atoms with van der Waals surface area (Å²) in [5.74, 6) is -0.915. The molecule has 0 aliphatic heterocycles. The van der Waals surface area contributed by atoms with Crippen molar-refractivity contribution in [2.45, 2.75) is 18.0 Å². The van der Waals surface area contributed by atoms with Gasteiger partial charge in [0.2, 0.25) is 0 Å². The molecule has 2 N–H and O–H groups in total. The van der Waals surface area contributed by atoms with Crippen LogP contribution < -0.4 is 5.73 Å². The van der Waals surface area contributed by atoms with E-state index in [0.29, 0.717) is 11.2 Å². The number of hydrogen-bond donors (Lipinski definition) is 1. The molecule has 2 heterocycles. The number of sulfone groups is 1. The van der Waals surface area contributed by atoms with E-state index in [1.165, 1.54) is 13.2 Å². The summed E-state index contributed by atoms with van der Waals surface area (Å²) in [4.78, 5) is 19.3. The maximum absolute atomic E-state index is 12.1. The average Bonchev–Trinajstić information content (AvgIpc) is 2.51. The molecule has 0 spiro atoms. The minimum atomic E-state index is -3.64. The van der Waals surface area contributed by atoms with Gasteiger partial charge in [-0.05, 0) is 18.2 Å². The molecule has 0 fully saturated rings. The van der Waals surface area contributed by atoms with Crippen LogP contribution in [0.25, 0.3) is 10.9 Å². The highest BCUT2D eigenvalue weighted by Gasteiger charge is 2.18. The molecule has 0 aliphatic carbocycles. The Labute approximate surface area is 122 Å². The predicted molar refractivity (Wildman–Crippen MR) is 76.1 cm³/mol. The van der Waals surface area contributed by atoms with E-state index in [2.05, 4.69) is 14.7 Å². The molecule has 2 rings (SSSR count). The van der Waals surface area contributed by atoms with Crippen LogP contribution >= 0.6 is 0 Å². The van der Waals surface area contributed by atoms with Crippen molar-refractivity contribution in [3.63, 3.8) is 0 Å². The number of hydrogen-bond acceptors (Lipinski definition) is 7. The minimum Gasteiger partial charge on any atom is -0.469 e. The molecule has 0 atom stereocenters. The quantitative estimate of drug-likeness (QED) is 0.797. The first-order valence-corrected chi connectivity index (χ1v) is 7.87. The Morgan fingerprint density at radius 3 is 2.81 bits per heavy atom. The van der Waals surface area contributed by atoms with Crippen molar-refractivity contribution in [3.05, 3.63) is 30.1 Å². The fourth-order valence-electron chi connectivity index (χ4n) is 1.75. The van der Waals surface area contributed by atoms with E-state index < -0.39 is 15.8 Å². The molecule has 112 valence electrons. The van der Waals surface area contributed by atoms with Crippen molar-refractivity contribution in [2.24, 2.45) is 5.73 Å². The highest BCUT2D eigenvalue weighted by atomic mass is 32.2. The van der Waals surface area contributed by atoms with Crippen molar-refractivity contribution >= 4 is 26.7 Å². The molecule has 7 nitrogen and oxygen atoms in total. The third-order valence-electron chi connectivity index (χ3n) is 2.94. The van der Waals surface area contributed by atoms with E-state index in [-0.39, 0.29) is 23.7 Å². The number of methoxy groups -OCH3 is 1. The number of carbonyl (C=O) groups excluding carboxylic acids is 1. The first-order valence-electron chi connectivity index (χ1n) is 6.21. The normalized spacial score (nSPS) is 11.5. The zero-order valence-corrected chi connectivity index (χ0v) is 12.3. The number of fused-ring (bicyclic) bond motifs is 1. The van der Waals surface area contributed by atoms with Crippen LogP contribution in [-0.2, 0) is 25.9 Å². The molecule has 0 bridgehead atoms. The van der Waals surface area contributed by atoms with Crippen LogP contribution in [0.2, 0.25) is 0 Å². The molecule has 2 aromatic rings. The van der Waals surface area contributed by atoms with E-state index in [9.17, 15) is 13.2 Å². The molecule has 0 unspecified atom stereocenters. The molecule has 0 aromatic carbocycles. The summed E-state index contributed by atoms with van der Waals surface area (Å²) in [5.41, 5.74) is 6.63. The predicted octanol–water partition coefficient (Wildman–Crippen LogP) is 0.425. The summed E-state index contributed by atoms with van der Waals surface area (Å²) >= 11 is 0. The second kappa shape index (κ2) is 6.15. The maximum atomic E-state index is 12.1. The minimum absolute atomic E-state index is 0.0759. The van der Waals surface area contributed by atoms with E-state index in [4.69, 9.17) is 5.73 Å². The molecular formula is C13H15N3O4S. The van der Waals surface area contributed by atoms with E-state index in [0.717, 1.165) is 5.39 Å². The van der Waals surface area contributed by atoms with E-state index in [1.807, 2.05) is 0 Å². The van der Waals surface area contributed by atoms with Gasteiger partial charge in [0.15, 0.2) is 14.9 Å². The summed E-state index contributed by atoms with van der Waals surface area (Å²) < 4.78 is 28.7. The summed E-state index contributed by atoms with van der Waals surface area (Å²) in [6.45, 7) is 0.247. The first-order chi connectivity index (χ1) is 9.96. The van der Waals surface area contributed by atoms with Gasteiger partial charge in [0.05, 0.1) is 30.5 Å². The van der Waals surface area contributed by atoms with E-state index >= 15 is 0 Å². The molecule has 0 saturated heterocycles. The van der Waals surface area contributed by atoms with Gasteiger partial charge in [-0.2, -0.15) is 0 Å². The van der Waals surface area contributed by atoms with Crippen LogP contribution in [0.5, 0.6) is 0 Å². The molecule has 21 heavy (non-hydrogen) atoms. The SMILES string of the molecule is COC(=O)CCS(=O)(=O)c1ccc2cnc(CN)cc2n1. The second-order valence-electron chi connectivity index (χ2n) is 4.37. The van der Waals surface area contributed by atoms with Crippen LogP contribution in [0.1, 0.15) is 12.1 Å². The zero-order chi connectivity index (χ0) is 15.5. The maximum Gasteiger partial charge on any atom is 0.306 e. The Balaban J connectivity index is 2.34. The standard InChI is InChI=1S/C13H15N3O4S/c1-20-13(17)4-5-21(18,19)12-3-2-9-8-15-10(7-14)6-11(9)16-12/h2-3,6,8H,4-5,7,14H2,1H3. The van der Waals surface area contributed by atoms with Crippen LogP contribution in [0, 0.1) is 0 Å². The molecule has 0 saturated carbocycles. The largest absolute Gasteiger partial charge is 0.469 e. The van der Waals surface area contributed by atoms with Crippen LogP contribution in [0.3, 0.4) is 0 Å². The van der Waals surface area contributed by atoms with Gasteiger partial charge in [-0.25, -0.2) is 13.4 Å². The van der Waals surface area contributed by atoms with Crippen molar-refractivity contribution < 1.29 is 17.9 Å². The smallest absolute Gasteiger partial charge is 0.306 e. The highest BCUT2D eigenvalue weighted by molar-refractivity contribution is 7.91. The molecule has 8 heteroatoms. The Morgan fingerprint density at radius 1 is 1.38 bits per heavy atom. The Bertz CT molecular complexity index is 774. The Hall–Kier alpha value is -2.06. The van der Waals surface area contributed by atoms with Crippen LogP contribution in [-0.4, -0.2) is 37.2 Å². The third-order valence-corrected chi connectivity index (χ3v) is 4.54. The average molecular weight is 309 g/mol. The van der Waals surface area contributed by atoms with Gasteiger partial charge in [0.25, 0.3) is 0 Å². The molecule has 0 amide bonds. The second-order valence-corrected chi connectivity index (χ2v) is 6.42. The summed E-state index contributed by atoms with van der Waals surface area (Å²) in [6.07, 6.45) is 1.39. The summed E-state index contributed by atoms with van der Waals surface area (Å²) in [6, 6.07) is 4.67. The van der Waals surface area contributed by atoms with Crippen molar-refractivity contribution in [2.75, 3.05) is 12.9 Å². The lowest BCUT2D eigenvalue weighted by Gasteiger charge is -2.05. The number of nitrogens with two attached hydrogens (primary N) is 1. The zero-order valence-electron chi connectivity index (χ0n) is 11.4. The number of carbonyl (C=O) groups is 1. The third kappa shape index (κ3) is 3.53. The Morgan fingerprint density at radius 2 is 2.14 bits per heavy atom. The van der Waals surface area contributed by atoms with Gasteiger partial charge >= 0.3 is 5.97 Å². The fourth-order valence-corrected chi connectivity index (χ4v) is 2.91. The topological polar surface area (TPSA) is 112 Å². The van der Waals surface area contributed by atoms with Crippen molar-refractivity contribution in [1.29, 1.82) is 0 Å². The molecule has 2 aromatic heterocycles. The lowest BCUT2D eigenvalue weighted by molar-refractivity contribution is -0.140. The van der Waals surface area contributed by atoms with Gasteiger partial charge in [-0.15, -0.1) is 0 Å².